The maximum atomic E-state index is 12.7. The third-order valence-corrected chi connectivity index (χ3v) is 5.07. The van der Waals surface area contributed by atoms with Crippen LogP contribution < -0.4 is 14.8 Å². The van der Waals surface area contributed by atoms with Gasteiger partial charge in [-0.1, -0.05) is 37.1 Å². The minimum atomic E-state index is -0.195. The zero-order chi connectivity index (χ0) is 18.5. The van der Waals surface area contributed by atoms with E-state index in [9.17, 15) is 4.79 Å². The van der Waals surface area contributed by atoms with Gasteiger partial charge in [0.25, 0.3) is 5.91 Å². The lowest BCUT2D eigenvalue weighted by Crippen LogP contribution is -2.41. The summed E-state index contributed by atoms with van der Waals surface area (Å²) in [5.41, 5.74) is 0.965. The summed E-state index contributed by atoms with van der Waals surface area (Å²) in [6.07, 6.45) is 4.54. The third-order valence-electron chi connectivity index (χ3n) is 5.07. The lowest BCUT2D eigenvalue weighted by atomic mass is 9.86. The number of hydrogen-bond donors (Lipinski definition) is 1. The Hall–Kier alpha value is -2.50. The normalized spacial score (nSPS) is 19.8. The Morgan fingerprint density at radius 2 is 2.00 bits per heavy atom. The van der Waals surface area contributed by atoms with Gasteiger partial charge in [-0.3, -0.25) is 4.79 Å². The molecule has 1 saturated carbocycles. The van der Waals surface area contributed by atoms with Crippen molar-refractivity contribution >= 4 is 5.91 Å². The van der Waals surface area contributed by atoms with Crippen LogP contribution in [0.3, 0.4) is 0 Å². The van der Waals surface area contributed by atoms with E-state index < -0.39 is 0 Å². The van der Waals surface area contributed by atoms with Crippen LogP contribution in [0.25, 0.3) is 0 Å². The summed E-state index contributed by atoms with van der Waals surface area (Å²) in [6.45, 7) is 4.16. The molecule has 1 aromatic carbocycles. The number of ether oxygens (including phenoxy) is 2. The zero-order valence-corrected chi connectivity index (χ0v) is 15.6. The number of nitrogens with zero attached hydrogens (tertiary/aromatic N) is 1. The predicted molar refractivity (Wildman–Crippen MR) is 97.5 cm³/mol. The van der Waals surface area contributed by atoms with Gasteiger partial charge in [-0.25, -0.2) is 0 Å². The van der Waals surface area contributed by atoms with Crippen molar-refractivity contribution in [2.45, 2.75) is 52.2 Å². The summed E-state index contributed by atoms with van der Waals surface area (Å²) < 4.78 is 16.4. The number of rotatable bonds is 6. The number of methoxy groups -OCH3 is 1. The number of benzene rings is 1. The Balaban J connectivity index is 1.71. The molecule has 0 spiro atoms. The Kier molecular flexibility index (Phi) is 5.81. The van der Waals surface area contributed by atoms with E-state index in [1.54, 1.807) is 14.0 Å². The maximum Gasteiger partial charge on any atom is 0.274 e. The van der Waals surface area contributed by atoms with Gasteiger partial charge in [0.1, 0.15) is 12.4 Å². The van der Waals surface area contributed by atoms with Crippen LogP contribution in [0.2, 0.25) is 0 Å². The Morgan fingerprint density at radius 3 is 2.73 bits per heavy atom. The molecule has 1 aliphatic carbocycles. The van der Waals surface area contributed by atoms with E-state index in [-0.39, 0.29) is 18.6 Å². The molecule has 1 N–H and O–H groups in total. The highest BCUT2D eigenvalue weighted by atomic mass is 16.5. The second-order valence-electron chi connectivity index (χ2n) is 6.85. The zero-order valence-electron chi connectivity index (χ0n) is 15.6. The molecule has 6 heteroatoms. The van der Waals surface area contributed by atoms with Gasteiger partial charge in [0.15, 0.2) is 17.2 Å². The molecule has 0 saturated heterocycles. The molecule has 1 fully saturated rings. The number of amides is 1. The molecule has 1 aliphatic rings. The number of hydrogen-bond acceptors (Lipinski definition) is 5. The molecule has 2 unspecified atom stereocenters. The topological polar surface area (TPSA) is 73.6 Å². The molecule has 2 aromatic rings. The number of aromatic nitrogens is 1. The SMILES string of the molecule is COc1ccccc1OCc1c(C(=O)NC2CCCCC2C)noc1C. The predicted octanol–water partition coefficient (Wildman–Crippen LogP) is 3.88. The van der Waals surface area contributed by atoms with Crippen LogP contribution in [0.1, 0.15) is 54.4 Å². The second kappa shape index (κ2) is 8.25. The fourth-order valence-corrected chi connectivity index (χ4v) is 3.39. The molecule has 3 rings (SSSR count). The lowest BCUT2D eigenvalue weighted by molar-refractivity contribution is 0.0899. The molecule has 140 valence electrons. The van der Waals surface area contributed by atoms with Gasteiger partial charge in [-0.05, 0) is 37.8 Å². The Labute approximate surface area is 153 Å². The fraction of sp³-hybridized carbons (Fsp3) is 0.500. The van der Waals surface area contributed by atoms with Crippen LogP contribution in [0, 0.1) is 12.8 Å². The van der Waals surface area contributed by atoms with Crippen molar-refractivity contribution in [1.29, 1.82) is 0 Å². The van der Waals surface area contributed by atoms with Crippen LogP contribution in [-0.4, -0.2) is 24.2 Å². The van der Waals surface area contributed by atoms with Gasteiger partial charge in [0.05, 0.1) is 12.7 Å². The Bertz CT molecular complexity index is 756. The smallest absolute Gasteiger partial charge is 0.274 e. The first-order valence-electron chi connectivity index (χ1n) is 9.12. The van der Waals surface area contributed by atoms with Crippen molar-refractivity contribution in [1.82, 2.24) is 10.5 Å². The van der Waals surface area contributed by atoms with Gasteiger partial charge in [-0.15, -0.1) is 0 Å². The monoisotopic (exact) mass is 358 g/mol. The average Bonchev–Trinajstić information content (AvgIpc) is 3.02. The van der Waals surface area contributed by atoms with Crippen LogP contribution in [0.15, 0.2) is 28.8 Å². The summed E-state index contributed by atoms with van der Waals surface area (Å²) in [4.78, 5) is 12.7. The van der Waals surface area contributed by atoms with Gasteiger partial charge < -0.3 is 19.3 Å². The minimum Gasteiger partial charge on any atom is -0.493 e. The summed E-state index contributed by atoms with van der Waals surface area (Å²) >= 11 is 0. The van der Waals surface area contributed by atoms with Gasteiger partial charge in [0.2, 0.25) is 0 Å². The van der Waals surface area contributed by atoms with E-state index in [4.69, 9.17) is 14.0 Å². The minimum absolute atomic E-state index is 0.191. The number of para-hydroxylation sites is 2. The van der Waals surface area contributed by atoms with E-state index in [0.717, 1.165) is 19.3 Å². The summed E-state index contributed by atoms with van der Waals surface area (Å²) in [5, 5.41) is 7.08. The molecule has 0 radical (unpaired) electrons. The first-order valence-corrected chi connectivity index (χ1v) is 9.12. The van der Waals surface area contributed by atoms with Crippen LogP contribution in [0.5, 0.6) is 11.5 Å². The van der Waals surface area contributed by atoms with Crippen molar-refractivity contribution in [3.8, 4) is 11.5 Å². The molecule has 0 bridgehead atoms. The fourth-order valence-electron chi connectivity index (χ4n) is 3.39. The molecule has 1 amide bonds. The summed E-state index contributed by atoms with van der Waals surface area (Å²) in [6, 6.07) is 7.59. The van der Waals surface area contributed by atoms with Gasteiger partial charge in [-0.2, -0.15) is 0 Å². The van der Waals surface area contributed by atoms with Crippen LogP contribution in [-0.2, 0) is 6.61 Å². The molecule has 1 heterocycles. The molecule has 26 heavy (non-hydrogen) atoms. The standard InChI is InChI=1S/C20H26N2O4/c1-13-8-4-5-9-16(13)21-20(23)19-15(14(2)26-22-19)12-25-18-11-7-6-10-17(18)24-3/h6-7,10-11,13,16H,4-5,8-9,12H2,1-3H3,(H,21,23). The molecular formula is C20H26N2O4. The number of nitrogens with one attached hydrogen (secondary N) is 1. The number of carbonyl (C=O) groups excluding carboxylic acids is 1. The van der Waals surface area contributed by atoms with Crippen molar-refractivity contribution in [3.63, 3.8) is 0 Å². The highest BCUT2D eigenvalue weighted by Crippen LogP contribution is 2.28. The summed E-state index contributed by atoms with van der Waals surface area (Å²) in [7, 11) is 1.59. The highest BCUT2D eigenvalue weighted by molar-refractivity contribution is 5.94. The number of carbonyl (C=O) groups is 1. The molecule has 2 atom stereocenters. The molecule has 1 aromatic heterocycles. The Morgan fingerprint density at radius 1 is 1.27 bits per heavy atom. The van der Waals surface area contributed by atoms with E-state index in [2.05, 4.69) is 17.4 Å². The van der Waals surface area contributed by atoms with Crippen LogP contribution >= 0.6 is 0 Å². The van der Waals surface area contributed by atoms with Crippen molar-refractivity contribution in [3.05, 3.63) is 41.3 Å². The largest absolute Gasteiger partial charge is 0.493 e. The average molecular weight is 358 g/mol. The van der Waals surface area contributed by atoms with Gasteiger partial charge in [0, 0.05) is 6.04 Å². The third kappa shape index (κ3) is 4.00. The molecule has 6 nitrogen and oxygen atoms in total. The quantitative estimate of drug-likeness (QED) is 0.848. The molecule has 0 aliphatic heterocycles. The van der Waals surface area contributed by atoms with Crippen molar-refractivity contribution < 1.29 is 18.8 Å². The van der Waals surface area contributed by atoms with Crippen LogP contribution in [0.4, 0.5) is 0 Å². The van der Waals surface area contributed by atoms with Crippen molar-refractivity contribution in [2.75, 3.05) is 7.11 Å². The first kappa shape index (κ1) is 18.3. The van der Waals surface area contributed by atoms with Crippen molar-refractivity contribution in [2.24, 2.45) is 5.92 Å². The highest BCUT2D eigenvalue weighted by Gasteiger charge is 2.27. The second-order valence-corrected chi connectivity index (χ2v) is 6.85. The lowest BCUT2D eigenvalue weighted by Gasteiger charge is -2.29. The molecular weight excluding hydrogens is 332 g/mol. The summed E-state index contributed by atoms with van der Waals surface area (Å²) in [5.74, 6) is 2.13. The van der Waals surface area contributed by atoms with E-state index in [1.165, 1.54) is 6.42 Å². The maximum absolute atomic E-state index is 12.7. The van der Waals surface area contributed by atoms with Gasteiger partial charge >= 0.3 is 0 Å². The number of aryl methyl sites for hydroxylation is 1. The first-order chi connectivity index (χ1) is 12.6. The van der Waals surface area contributed by atoms with E-state index in [1.807, 2.05) is 24.3 Å². The van der Waals surface area contributed by atoms with E-state index >= 15 is 0 Å². The van der Waals surface area contributed by atoms with E-state index in [0.29, 0.717) is 34.4 Å².